The van der Waals surface area contributed by atoms with Gasteiger partial charge in [-0.3, -0.25) is 0 Å². The molecule has 0 radical (unpaired) electrons. The molecule has 1 aliphatic rings. The van der Waals surface area contributed by atoms with Crippen molar-refractivity contribution < 1.29 is 9.47 Å². The van der Waals surface area contributed by atoms with Crippen molar-refractivity contribution in [3.8, 4) is 11.5 Å². The molecule has 1 saturated carbocycles. The third kappa shape index (κ3) is 3.21. The summed E-state index contributed by atoms with van der Waals surface area (Å²) in [6, 6.07) is 6.12. The molecule has 2 N–H and O–H groups in total. The third-order valence-electron chi connectivity index (χ3n) is 4.01. The van der Waals surface area contributed by atoms with Crippen LogP contribution >= 0.6 is 0 Å². The summed E-state index contributed by atoms with van der Waals surface area (Å²) < 4.78 is 11.5. The molecule has 19 heavy (non-hydrogen) atoms. The van der Waals surface area contributed by atoms with Gasteiger partial charge in [0.25, 0.3) is 0 Å². The predicted octanol–water partition coefficient (Wildman–Crippen LogP) is 3.14. The molecule has 2 rings (SSSR count). The van der Waals surface area contributed by atoms with Gasteiger partial charge in [0.05, 0.1) is 7.11 Å². The van der Waals surface area contributed by atoms with Crippen LogP contribution < -0.4 is 15.2 Å². The first-order valence-electron chi connectivity index (χ1n) is 7.08. The van der Waals surface area contributed by atoms with E-state index in [2.05, 4.69) is 13.8 Å². The maximum Gasteiger partial charge on any atom is 0.161 e. The summed E-state index contributed by atoms with van der Waals surface area (Å²) in [6.45, 7) is 6.53. The van der Waals surface area contributed by atoms with Gasteiger partial charge < -0.3 is 15.2 Å². The molecule has 0 spiro atoms. The van der Waals surface area contributed by atoms with Crippen LogP contribution in [0.3, 0.4) is 0 Å². The topological polar surface area (TPSA) is 44.5 Å². The van der Waals surface area contributed by atoms with Crippen LogP contribution in [0.2, 0.25) is 0 Å². The van der Waals surface area contributed by atoms with Crippen molar-refractivity contribution in [1.82, 2.24) is 0 Å². The second-order valence-corrected chi connectivity index (χ2v) is 5.95. The molecule has 0 amide bonds. The largest absolute Gasteiger partial charge is 0.493 e. The summed E-state index contributed by atoms with van der Waals surface area (Å²) in [4.78, 5) is 0. The van der Waals surface area contributed by atoms with Crippen LogP contribution in [0.1, 0.15) is 32.3 Å². The Bertz CT molecular complexity index is 421. The number of hydrogen-bond donors (Lipinski definition) is 1. The molecule has 0 aliphatic heterocycles. The zero-order valence-electron chi connectivity index (χ0n) is 12.3. The van der Waals surface area contributed by atoms with Crippen molar-refractivity contribution in [1.29, 1.82) is 0 Å². The van der Waals surface area contributed by atoms with Crippen molar-refractivity contribution in [3.05, 3.63) is 23.8 Å². The van der Waals surface area contributed by atoms with Crippen LogP contribution in [0.25, 0.3) is 0 Å². The van der Waals surface area contributed by atoms with Gasteiger partial charge >= 0.3 is 0 Å². The van der Waals surface area contributed by atoms with E-state index < -0.39 is 0 Å². The summed E-state index contributed by atoms with van der Waals surface area (Å²) in [5.74, 6) is 2.75. The Kier molecular flexibility index (Phi) is 4.35. The smallest absolute Gasteiger partial charge is 0.161 e. The van der Waals surface area contributed by atoms with E-state index in [1.165, 1.54) is 12.0 Å². The highest BCUT2D eigenvalue weighted by Crippen LogP contribution is 2.35. The van der Waals surface area contributed by atoms with E-state index in [9.17, 15) is 0 Å². The van der Waals surface area contributed by atoms with Gasteiger partial charge in [0.2, 0.25) is 0 Å². The number of rotatable bonds is 3. The van der Waals surface area contributed by atoms with E-state index in [-0.39, 0.29) is 12.1 Å². The molecule has 0 heterocycles. The second kappa shape index (κ2) is 5.83. The highest BCUT2D eigenvalue weighted by Gasteiger charge is 2.33. The number of aryl methyl sites for hydroxylation is 1. The molecule has 4 atom stereocenters. The Labute approximate surface area is 116 Å². The summed E-state index contributed by atoms with van der Waals surface area (Å²) in [5.41, 5.74) is 7.43. The fourth-order valence-electron chi connectivity index (χ4n) is 3.11. The molecule has 4 unspecified atom stereocenters. The summed E-state index contributed by atoms with van der Waals surface area (Å²) in [5, 5.41) is 0. The van der Waals surface area contributed by atoms with Crippen LogP contribution in [0.4, 0.5) is 0 Å². The Hall–Kier alpha value is -1.22. The van der Waals surface area contributed by atoms with Gasteiger partial charge in [-0.05, 0) is 49.3 Å². The Balaban J connectivity index is 2.16. The zero-order chi connectivity index (χ0) is 14.0. The quantitative estimate of drug-likeness (QED) is 0.911. The average Bonchev–Trinajstić information content (AvgIpc) is 2.35. The molecule has 3 nitrogen and oxygen atoms in total. The van der Waals surface area contributed by atoms with Crippen molar-refractivity contribution in [2.24, 2.45) is 17.6 Å². The Morgan fingerprint density at radius 2 is 1.89 bits per heavy atom. The number of hydrogen-bond acceptors (Lipinski definition) is 3. The van der Waals surface area contributed by atoms with E-state index in [0.717, 1.165) is 17.9 Å². The lowest BCUT2D eigenvalue weighted by Crippen LogP contribution is -2.48. The molecule has 1 fully saturated rings. The standard InChI is InChI=1S/C16H25NO2/c1-10-5-6-14(15(9-10)18-4)19-16-12(3)7-11(2)8-13(16)17/h5-6,9,11-13,16H,7-8,17H2,1-4H3. The molecule has 1 aromatic rings. The molecular formula is C16H25NO2. The van der Waals surface area contributed by atoms with Crippen LogP contribution in [0.15, 0.2) is 18.2 Å². The van der Waals surface area contributed by atoms with E-state index in [0.29, 0.717) is 11.8 Å². The number of benzene rings is 1. The normalized spacial score (nSPS) is 31.0. The predicted molar refractivity (Wildman–Crippen MR) is 77.7 cm³/mol. The fourth-order valence-corrected chi connectivity index (χ4v) is 3.11. The molecule has 1 aromatic carbocycles. The number of methoxy groups -OCH3 is 1. The average molecular weight is 263 g/mol. The lowest BCUT2D eigenvalue weighted by atomic mass is 9.78. The van der Waals surface area contributed by atoms with E-state index in [1.54, 1.807) is 7.11 Å². The molecule has 3 heteroatoms. The van der Waals surface area contributed by atoms with Crippen LogP contribution in [-0.2, 0) is 0 Å². The fraction of sp³-hybridized carbons (Fsp3) is 0.625. The maximum absolute atomic E-state index is 6.26. The van der Waals surface area contributed by atoms with E-state index in [4.69, 9.17) is 15.2 Å². The van der Waals surface area contributed by atoms with Crippen LogP contribution in [0.5, 0.6) is 11.5 Å². The maximum atomic E-state index is 6.26. The Morgan fingerprint density at radius 3 is 2.53 bits per heavy atom. The second-order valence-electron chi connectivity index (χ2n) is 5.95. The van der Waals surface area contributed by atoms with E-state index in [1.807, 2.05) is 25.1 Å². The summed E-state index contributed by atoms with van der Waals surface area (Å²) in [6.07, 6.45) is 2.28. The van der Waals surface area contributed by atoms with Crippen molar-refractivity contribution >= 4 is 0 Å². The highest BCUT2D eigenvalue weighted by molar-refractivity contribution is 5.42. The highest BCUT2D eigenvalue weighted by atomic mass is 16.5. The van der Waals surface area contributed by atoms with Gasteiger partial charge in [0.1, 0.15) is 6.10 Å². The van der Waals surface area contributed by atoms with Gasteiger partial charge in [-0.15, -0.1) is 0 Å². The molecule has 0 bridgehead atoms. The lowest BCUT2D eigenvalue weighted by molar-refractivity contribution is 0.0603. The SMILES string of the molecule is COc1cc(C)ccc1OC1C(C)CC(C)CC1N. The van der Waals surface area contributed by atoms with Gasteiger partial charge in [-0.1, -0.05) is 19.9 Å². The van der Waals surface area contributed by atoms with Crippen molar-refractivity contribution in [2.45, 2.75) is 45.8 Å². The van der Waals surface area contributed by atoms with Gasteiger partial charge in [0, 0.05) is 6.04 Å². The first-order valence-corrected chi connectivity index (χ1v) is 7.08. The monoisotopic (exact) mass is 263 g/mol. The lowest BCUT2D eigenvalue weighted by Gasteiger charge is -2.37. The first kappa shape index (κ1) is 14.2. The summed E-state index contributed by atoms with van der Waals surface area (Å²) in [7, 11) is 1.67. The molecular weight excluding hydrogens is 238 g/mol. The number of nitrogens with two attached hydrogens (primary N) is 1. The minimum atomic E-state index is 0.0767. The van der Waals surface area contributed by atoms with Gasteiger partial charge in [-0.25, -0.2) is 0 Å². The Morgan fingerprint density at radius 1 is 1.16 bits per heavy atom. The van der Waals surface area contributed by atoms with Crippen LogP contribution in [-0.4, -0.2) is 19.3 Å². The molecule has 1 aliphatic carbocycles. The molecule has 0 aromatic heterocycles. The van der Waals surface area contributed by atoms with E-state index >= 15 is 0 Å². The zero-order valence-corrected chi connectivity index (χ0v) is 12.3. The van der Waals surface area contributed by atoms with Crippen molar-refractivity contribution in [3.63, 3.8) is 0 Å². The summed E-state index contributed by atoms with van der Waals surface area (Å²) >= 11 is 0. The first-order chi connectivity index (χ1) is 9.01. The van der Waals surface area contributed by atoms with Gasteiger partial charge in [0.15, 0.2) is 11.5 Å². The third-order valence-corrected chi connectivity index (χ3v) is 4.01. The minimum absolute atomic E-state index is 0.0767. The minimum Gasteiger partial charge on any atom is -0.493 e. The molecule has 106 valence electrons. The van der Waals surface area contributed by atoms with Gasteiger partial charge in [-0.2, -0.15) is 0 Å². The number of ether oxygens (including phenoxy) is 2. The molecule has 0 saturated heterocycles. The van der Waals surface area contributed by atoms with Crippen molar-refractivity contribution in [2.75, 3.05) is 7.11 Å². The van der Waals surface area contributed by atoms with Crippen LogP contribution in [0, 0.1) is 18.8 Å².